The van der Waals surface area contributed by atoms with Crippen LogP contribution in [-0.2, 0) is 20.0 Å². The maximum Gasteiger partial charge on any atom is 0.243 e. The normalized spacial score (nSPS) is 15.1. The standard InChI is InChI=1S/2C22H25N3O4S2/c1-16-4-7-18(8-5-16)31(26,27)25-12-10-24(11-13-25)22-23-20(15-30-22)19-14-17(28-2)6-9-21(19)29-3;1-16-4-7-18(8-5-16)31(26,27)25-12-10-24(11-13-25)22-23-20(15-30-22)19-9-6-17(28-2)14-21(19)29-3/h2*4-9,14-15H,10-13H2,1-3H3. The fraction of sp³-hybridized carbons (Fsp3) is 0.318. The molecule has 0 saturated carbocycles. The molecule has 0 spiro atoms. The zero-order valence-electron chi connectivity index (χ0n) is 35.5. The van der Waals surface area contributed by atoms with Gasteiger partial charge in [0.25, 0.3) is 0 Å². The Hall–Kier alpha value is -5.24. The summed E-state index contributed by atoms with van der Waals surface area (Å²) in [6, 6.07) is 25.3. The molecule has 8 rings (SSSR count). The van der Waals surface area contributed by atoms with Gasteiger partial charge in [0.2, 0.25) is 20.0 Å². The van der Waals surface area contributed by atoms with E-state index in [4.69, 9.17) is 28.9 Å². The highest BCUT2D eigenvalue weighted by Crippen LogP contribution is 2.38. The van der Waals surface area contributed by atoms with E-state index in [1.165, 1.54) is 0 Å². The Morgan fingerprint density at radius 3 is 1.34 bits per heavy atom. The van der Waals surface area contributed by atoms with Crippen molar-refractivity contribution in [3.63, 3.8) is 0 Å². The van der Waals surface area contributed by atoms with E-state index in [9.17, 15) is 16.8 Å². The molecular formula is C44H50N6O8S4. The van der Waals surface area contributed by atoms with Gasteiger partial charge in [-0.2, -0.15) is 8.61 Å². The van der Waals surface area contributed by atoms with Gasteiger partial charge in [-0.1, -0.05) is 35.4 Å². The summed E-state index contributed by atoms with van der Waals surface area (Å²) in [7, 11) is -0.454. The molecule has 0 bridgehead atoms. The van der Waals surface area contributed by atoms with Crippen molar-refractivity contribution >= 4 is 53.0 Å². The van der Waals surface area contributed by atoms with Gasteiger partial charge in [0.1, 0.15) is 23.0 Å². The zero-order chi connectivity index (χ0) is 44.0. The Kier molecular flexibility index (Phi) is 14.0. The Morgan fingerprint density at radius 2 is 0.903 bits per heavy atom. The van der Waals surface area contributed by atoms with Gasteiger partial charge in [-0.25, -0.2) is 26.8 Å². The SMILES string of the molecule is COc1ccc(-c2csc(N3CCN(S(=O)(=O)c4ccc(C)cc4)CC3)n2)c(OC)c1.COc1ccc(OC)c(-c2csc(N3CCN(S(=O)(=O)c4ccc(C)cc4)CC3)n2)c1. The van der Waals surface area contributed by atoms with Crippen molar-refractivity contribution in [2.75, 3.05) is 90.6 Å². The molecule has 0 radical (unpaired) electrons. The zero-order valence-corrected chi connectivity index (χ0v) is 38.7. The lowest BCUT2D eigenvalue weighted by Gasteiger charge is -2.33. The fourth-order valence-electron chi connectivity index (χ4n) is 7.05. The van der Waals surface area contributed by atoms with Crippen LogP contribution in [0.25, 0.3) is 22.5 Å². The summed E-state index contributed by atoms with van der Waals surface area (Å²) in [4.78, 5) is 14.5. The van der Waals surface area contributed by atoms with Crippen LogP contribution in [0.2, 0.25) is 0 Å². The third kappa shape index (κ3) is 9.85. The fourth-order valence-corrected chi connectivity index (χ4v) is 11.7. The van der Waals surface area contributed by atoms with E-state index in [1.54, 1.807) is 84.0 Å². The van der Waals surface area contributed by atoms with Crippen LogP contribution >= 0.6 is 22.7 Å². The number of anilines is 2. The van der Waals surface area contributed by atoms with E-state index in [-0.39, 0.29) is 0 Å². The summed E-state index contributed by atoms with van der Waals surface area (Å²) in [5.41, 5.74) is 5.48. The third-order valence-electron chi connectivity index (χ3n) is 10.7. The lowest BCUT2D eigenvalue weighted by atomic mass is 10.1. The molecule has 328 valence electrons. The van der Waals surface area contributed by atoms with Gasteiger partial charge in [-0.15, -0.1) is 22.7 Å². The van der Waals surface area contributed by atoms with Gasteiger partial charge in [0, 0.05) is 80.3 Å². The summed E-state index contributed by atoms with van der Waals surface area (Å²) < 4.78 is 76.4. The number of ether oxygens (including phenoxy) is 4. The van der Waals surface area contributed by atoms with Crippen LogP contribution in [0.4, 0.5) is 10.3 Å². The number of methoxy groups -OCH3 is 4. The van der Waals surface area contributed by atoms with E-state index in [2.05, 4.69) is 9.80 Å². The van der Waals surface area contributed by atoms with E-state index >= 15 is 0 Å². The number of hydrogen-bond acceptors (Lipinski definition) is 14. The Balaban J connectivity index is 0.000000186. The first-order chi connectivity index (χ1) is 29.8. The Morgan fingerprint density at radius 1 is 0.484 bits per heavy atom. The lowest BCUT2D eigenvalue weighted by Crippen LogP contribution is -2.48. The molecular weight excluding hydrogens is 869 g/mol. The number of benzene rings is 4. The maximum absolute atomic E-state index is 12.9. The van der Waals surface area contributed by atoms with Crippen molar-refractivity contribution in [3.8, 4) is 45.5 Å². The smallest absolute Gasteiger partial charge is 0.243 e. The number of aryl methyl sites for hydroxylation is 2. The highest BCUT2D eigenvalue weighted by molar-refractivity contribution is 7.89. The summed E-state index contributed by atoms with van der Waals surface area (Å²) in [6.07, 6.45) is 0. The van der Waals surface area contributed by atoms with Crippen LogP contribution in [-0.4, -0.2) is 116 Å². The average Bonchev–Trinajstić information content (AvgIpc) is 4.01. The molecule has 4 aromatic carbocycles. The molecule has 4 heterocycles. The van der Waals surface area contributed by atoms with Crippen molar-refractivity contribution in [1.29, 1.82) is 0 Å². The highest BCUT2D eigenvalue weighted by atomic mass is 32.2. The van der Waals surface area contributed by atoms with Gasteiger partial charge in [-0.3, -0.25) is 0 Å². The minimum absolute atomic E-state index is 0.341. The van der Waals surface area contributed by atoms with E-state index in [1.807, 2.05) is 85.3 Å². The van der Waals surface area contributed by atoms with Crippen molar-refractivity contribution in [1.82, 2.24) is 18.6 Å². The molecule has 0 aliphatic carbocycles. The first kappa shape index (κ1) is 44.8. The number of piperazine rings is 2. The van der Waals surface area contributed by atoms with Crippen LogP contribution in [0.15, 0.2) is 105 Å². The van der Waals surface area contributed by atoms with Gasteiger partial charge in [-0.05, 0) is 68.4 Å². The van der Waals surface area contributed by atoms with E-state index in [0.717, 1.165) is 61.2 Å². The summed E-state index contributed by atoms with van der Waals surface area (Å²) in [5.74, 6) is 2.89. The molecule has 2 aromatic heterocycles. The Bertz CT molecular complexity index is 2670. The van der Waals surface area contributed by atoms with Gasteiger partial charge in [0.15, 0.2) is 10.3 Å². The lowest BCUT2D eigenvalue weighted by molar-refractivity contribution is 0.384. The molecule has 0 amide bonds. The second-order valence-electron chi connectivity index (χ2n) is 14.6. The number of rotatable bonds is 12. The minimum atomic E-state index is -3.48. The number of thiazole rings is 2. The first-order valence-corrected chi connectivity index (χ1v) is 24.5. The monoisotopic (exact) mass is 918 g/mol. The predicted molar refractivity (Wildman–Crippen MR) is 246 cm³/mol. The second-order valence-corrected chi connectivity index (χ2v) is 20.1. The summed E-state index contributed by atoms with van der Waals surface area (Å²) >= 11 is 3.09. The van der Waals surface area contributed by atoms with Crippen molar-refractivity contribution in [2.45, 2.75) is 23.6 Å². The second kappa shape index (κ2) is 19.4. The molecule has 0 N–H and O–H groups in total. The van der Waals surface area contributed by atoms with E-state index in [0.29, 0.717) is 67.9 Å². The van der Waals surface area contributed by atoms with E-state index < -0.39 is 20.0 Å². The summed E-state index contributed by atoms with van der Waals surface area (Å²) in [6.45, 7) is 7.96. The van der Waals surface area contributed by atoms with Crippen molar-refractivity contribution in [2.24, 2.45) is 0 Å². The Labute approximate surface area is 372 Å². The summed E-state index contributed by atoms with van der Waals surface area (Å²) in [5, 5.41) is 5.73. The average molecular weight is 919 g/mol. The molecule has 62 heavy (non-hydrogen) atoms. The van der Waals surface area contributed by atoms with Gasteiger partial charge < -0.3 is 28.7 Å². The number of hydrogen-bond donors (Lipinski definition) is 0. The number of sulfonamides is 2. The molecule has 0 unspecified atom stereocenters. The van der Waals surface area contributed by atoms with Crippen LogP contribution < -0.4 is 28.7 Å². The topological polar surface area (TPSA) is 144 Å². The van der Waals surface area contributed by atoms with Crippen LogP contribution in [0.1, 0.15) is 11.1 Å². The van der Waals surface area contributed by atoms with Crippen LogP contribution in [0.5, 0.6) is 23.0 Å². The molecule has 14 nitrogen and oxygen atoms in total. The van der Waals surface area contributed by atoms with Crippen molar-refractivity contribution in [3.05, 3.63) is 107 Å². The van der Waals surface area contributed by atoms with Crippen LogP contribution in [0, 0.1) is 13.8 Å². The first-order valence-electron chi connectivity index (χ1n) is 19.8. The quantitative estimate of drug-likeness (QED) is 0.122. The molecule has 0 atom stereocenters. The third-order valence-corrected chi connectivity index (χ3v) is 16.3. The molecule has 2 saturated heterocycles. The van der Waals surface area contributed by atoms with Crippen molar-refractivity contribution < 1.29 is 35.8 Å². The molecule has 2 aliphatic rings. The van der Waals surface area contributed by atoms with Gasteiger partial charge in [0.05, 0.1) is 49.6 Å². The van der Waals surface area contributed by atoms with Gasteiger partial charge >= 0.3 is 0 Å². The molecule has 6 aromatic rings. The predicted octanol–water partition coefficient (Wildman–Crippen LogP) is 7.29. The minimum Gasteiger partial charge on any atom is -0.497 e. The number of nitrogens with zero attached hydrogens (tertiary/aromatic N) is 6. The maximum atomic E-state index is 12.9. The molecule has 2 aliphatic heterocycles. The van der Waals surface area contributed by atoms with Crippen LogP contribution in [0.3, 0.4) is 0 Å². The highest BCUT2D eigenvalue weighted by Gasteiger charge is 2.31. The molecule has 2 fully saturated rings. The molecule has 18 heteroatoms. The largest absolute Gasteiger partial charge is 0.497 e. The number of aromatic nitrogens is 2.